The van der Waals surface area contributed by atoms with Crippen LogP contribution in [0.25, 0.3) is 16.7 Å². The van der Waals surface area contributed by atoms with E-state index in [0.717, 1.165) is 40.3 Å². The monoisotopic (exact) mass is 642 g/mol. The van der Waals surface area contributed by atoms with Crippen molar-refractivity contribution in [3.05, 3.63) is 197 Å². The Bertz CT molecular complexity index is 2330. The lowest BCUT2D eigenvalue weighted by molar-refractivity contribution is 0.745. The van der Waals surface area contributed by atoms with Gasteiger partial charge in [-0.15, -0.1) is 0 Å². The number of rotatable bonds is 6. The average Bonchev–Trinajstić information content (AvgIpc) is 3.39. The van der Waals surface area contributed by atoms with Crippen LogP contribution in [0.4, 0.5) is 22.7 Å². The topological polar surface area (TPSA) is 54.1 Å². The summed E-state index contributed by atoms with van der Waals surface area (Å²) in [5.41, 5.74) is 14.1. The molecule has 5 aromatic carbocycles. The van der Waals surface area contributed by atoms with E-state index in [2.05, 4.69) is 138 Å². The van der Waals surface area contributed by atoms with Crippen molar-refractivity contribution >= 4 is 28.3 Å². The van der Waals surface area contributed by atoms with Crippen molar-refractivity contribution in [2.24, 2.45) is 0 Å². The number of hydrogen-bond donors (Lipinski definition) is 0. The molecule has 2 atom stereocenters. The summed E-state index contributed by atoms with van der Waals surface area (Å²) in [4.78, 5) is 4.74. The summed E-state index contributed by atoms with van der Waals surface area (Å²) in [6.45, 7) is 2.20. The summed E-state index contributed by atoms with van der Waals surface area (Å²) in [7, 11) is 0. The molecule has 2 aliphatic carbocycles. The lowest BCUT2D eigenvalue weighted by Crippen LogP contribution is -2.28. The first kappa shape index (κ1) is 30.7. The molecule has 0 saturated heterocycles. The fraction of sp³-hybridized carbons (Fsp3) is 0.0870. The van der Waals surface area contributed by atoms with Gasteiger partial charge in [-0.2, -0.15) is 10.5 Å². The normalized spacial score (nSPS) is 17.3. The third-order valence-corrected chi connectivity index (χ3v) is 9.85. The van der Waals surface area contributed by atoms with Crippen molar-refractivity contribution in [3.63, 3.8) is 0 Å². The van der Waals surface area contributed by atoms with Gasteiger partial charge in [0.2, 0.25) is 0 Å². The van der Waals surface area contributed by atoms with Crippen LogP contribution >= 0.6 is 0 Å². The van der Waals surface area contributed by atoms with Crippen LogP contribution in [0, 0.1) is 22.7 Å². The maximum atomic E-state index is 9.40. The van der Waals surface area contributed by atoms with E-state index in [-0.39, 0.29) is 12.0 Å². The highest BCUT2D eigenvalue weighted by Crippen LogP contribution is 2.49. The van der Waals surface area contributed by atoms with Crippen molar-refractivity contribution in [1.29, 1.82) is 10.5 Å². The second-order valence-corrected chi connectivity index (χ2v) is 12.9. The number of benzene rings is 5. The van der Waals surface area contributed by atoms with Crippen LogP contribution in [0.1, 0.15) is 41.5 Å². The fourth-order valence-electron chi connectivity index (χ4n) is 7.31. The number of nitrogens with zero attached hydrogens (tertiary/aromatic N) is 4. The van der Waals surface area contributed by atoms with E-state index < -0.39 is 0 Å². The maximum absolute atomic E-state index is 9.40. The van der Waals surface area contributed by atoms with Crippen LogP contribution in [-0.2, 0) is 0 Å². The third-order valence-electron chi connectivity index (χ3n) is 9.85. The van der Waals surface area contributed by atoms with Gasteiger partial charge in [0.05, 0.1) is 29.3 Å². The lowest BCUT2D eigenvalue weighted by Gasteiger charge is -2.29. The van der Waals surface area contributed by atoms with Gasteiger partial charge in [-0.05, 0) is 126 Å². The molecule has 4 heteroatoms. The van der Waals surface area contributed by atoms with E-state index in [4.69, 9.17) is 0 Å². The fourth-order valence-corrected chi connectivity index (χ4v) is 7.31. The minimum atomic E-state index is 0.183. The highest BCUT2D eigenvalue weighted by atomic mass is 15.2. The second kappa shape index (κ2) is 13.1. The Morgan fingerprint density at radius 2 is 1.36 bits per heavy atom. The Kier molecular flexibility index (Phi) is 8.05. The van der Waals surface area contributed by atoms with Gasteiger partial charge in [0.25, 0.3) is 0 Å². The molecular weight excluding hydrogens is 609 g/mol. The first-order chi connectivity index (χ1) is 24.6. The van der Waals surface area contributed by atoms with Crippen molar-refractivity contribution in [1.82, 2.24) is 0 Å². The van der Waals surface area contributed by atoms with E-state index in [9.17, 15) is 10.5 Å². The van der Waals surface area contributed by atoms with Gasteiger partial charge in [-0.3, -0.25) is 0 Å². The van der Waals surface area contributed by atoms with E-state index >= 15 is 0 Å². The number of anilines is 4. The molecule has 50 heavy (non-hydrogen) atoms. The zero-order chi connectivity index (χ0) is 34.0. The molecule has 0 amide bonds. The van der Waals surface area contributed by atoms with Crippen molar-refractivity contribution < 1.29 is 0 Å². The van der Waals surface area contributed by atoms with E-state index in [1.54, 1.807) is 0 Å². The molecule has 5 aromatic rings. The Hall–Kier alpha value is -6.62. The first-order valence-corrected chi connectivity index (χ1v) is 16.9. The predicted molar refractivity (Wildman–Crippen MR) is 204 cm³/mol. The van der Waals surface area contributed by atoms with Crippen LogP contribution < -0.4 is 9.80 Å². The summed E-state index contributed by atoms with van der Waals surface area (Å²) in [6.07, 6.45) is 16.6. The summed E-state index contributed by atoms with van der Waals surface area (Å²) in [6, 6.07) is 46.3. The van der Waals surface area contributed by atoms with Crippen LogP contribution in [0.5, 0.6) is 0 Å². The Labute approximate surface area is 293 Å². The zero-order valence-corrected chi connectivity index (χ0v) is 27.7. The molecule has 1 heterocycles. The molecule has 0 bridgehead atoms. The molecule has 0 radical (unpaired) electrons. The molecule has 0 N–H and O–H groups in total. The molecule has 0 saturated carbocycles. The molecule has 238 valence electrons. The van der Waals surface area contributed by atoms with Crippen molar-refractivity contribution in [3.8, 4) is 23.3 Å². The minimum absolute atomic E-state index is 0.183. The van der Waals surface area contributed by atoms with Crippen molar-refractivity contribution in [2.45, 2.75) is 25.3 Å². The van der Waals surface area contributed by atoms with Crippen molar-refractivity contribution in [2.75, 3.05) is 9.80 Å². The largest absolute Gasteiger partial charge is 0.333 e. The second-order valence-electron chi connectivity index (χ2n) is 12.9. The molecule has 4 nitrogen and oxygen atoms in total. The molecule has 8 rings (SSSR count). The molecule has 0 fully saturated rings. The van der Waals surface area contributed by atoms with Crippen LogP contribution in [-0.4, -0.2) is 6.04 Å². The zero-order valence-electron chi connectivity index (χ0n) is 27.7. The summed E-state index contributed by atoms with van der Waals surface area (Å²) in [5.74, 6) is 0.240. The first-order valence-electron chi connectivity index (χ1n) is 16.9. The number of allylic oxidation sites excluding steroid dienone is 7. The maximum Gasteiger partial charge on any atom is 0.0991 e. The number of hydrogen-bond acceptors (Lipinski definition) is 4. The number of fused-ring (bicyclic) bond motifs is 3. The summed E-state index contributed by atoms with van der Waals surface area (Å²) in [5, 5.41) is 18.7. The smallest absolute Gasteiger partial charge is 0.0991 e. The van der Waals surface area contributed by atoms with Crippen LogP contribution in [0.15, 0.2) is 175 Å². The molecule has 0 spiro atoms. The lowest BCUT2D eigenvalue weighted by atomic mass is 9.89. The minimum Gasteiger partial charge on any atom is -0.333 e. The summed E-state index contributed by atoms with van der Waals surface area (Å²) >= 11 is 0. The van der Waals surface area contributed by atoms with Gasteiger partial charge in [0.15, 0.2) is 0 Å². The Balaban J connectivity index is 1.13. The van der Waals surface area contributed by atoms with Gasteiger partial charge >= 0.3 is 0 Å². The summed E-state index contributed by atoms with van der Waals surface area (Å²) < 4.78 is 0. The van der Waals surface area contributed by atoms with E-state index in [1.165, 1.54) is 28.0 Å². The number of para-hydroxylation sites is 1. The van der Waals surface area contributed by atoms with E-state index in [1.807, 2.05) is 54.6 Å². The molecule has 1 aliphatic heterocycles. The van der Waals surface area contributed by atoms with Crippen LogP contribution in [0.3, 0.4) is 0 Å². The SMILES string of the molecule is CC1=C(N(c2ccccc2)c2ccc(C#N)cc2)C=CC(c2ccc3c(c2)C2C=CC=CC2N3c2cccc(-c3ccc(C#N)cc3)c2)=CC1. The van der Waals surface area contributed by atoms with Gasteiger partial charge < -0.3 is 9.80 Å². The predicted octanol–water partition coefficient (Wildman–Crippen LogP) is 11.3. The van der Waals surface area contributed by atoms with Gasteiger partial charge in [-0.1, -0.05) is 85.0 Å². The van der Waals surface area contributed by atoms with Gasteiger partial charge in [0.1, 0.15) is 0 Å². The van der Waals surface area contributed by atoms with Crippen LogP contribution in [0.2, 0.25) is 0 Å². The Morgan fingerprint density at radius 1 is 0.660 bits per heavy atom. The quantitative estimate of drug-likeness (QED) is 0.185. The van der Waals surface area contributed by atoms with Gasteiger partial charge in [0, 0.05) is 34.4 Å². The van der Waals surface area contributed by atoms with Gasteiger partial charge in [-0.25, -0.2) is 0 Å². The third kappa shape index (κ3) is 5.64. The molecule has 0 aromatic heterocycles. The Morgan fingerprint density at radius 3 is 2.12 bits per heavy atom. The highest BCUT2D eigenvalue weighted by molar-refractivity contribution is 5.84. The standard InChI is InChI=1S/C46H34N4/c1-32-14-19-35(22-26-44(32)49(39-9-3-2-4-10-39)40-24-17-34(31-48)18-25-40)38-23-27-46-43(29-38)42-12-5-6-13-45(42)50(46)41-11-7-8-37(28-41)36-20-15-33(30-47)16-21-36/h2-13,15-29,42,45H,14H2,1H3. The average molecular weight is 643 g/mol. The van der Waals surface area contributed by atoms with E-state index in [0.29, 0.717) is 11.1 Å². The molecular formula is C46H34N4. The number of nitriles is 2. The molecule has 3 aliphatic rings. The highest BCUT2D eigenvalue weighted by Gasteiger charge is 2.37. The molecule has 2 unspecified atom stereocenters.